The average Bonchev–Trinajstić information content (AvgIpc) is 2.14. The molecule has 0 saturated heterocycles. The van der Waals surface area contributed by atoms with Crippen molar-refractivity contribution in [2.24, 2.45) is 0 Å². The van der Waals surface area contributed by atoms with Crippen molar-refractivity contribution in [1.29, 1.82) is 0 Å². The molecule has 0 aliphatic heterocycles. The summed E-state index contributed by atoms with van der Waals surface area (Å²) in [7, 11) is 0. The van der Waals surface area contributed by atoms with Gasteiger partial charge in [-0.15, -0.1) is 0 Å². The summed E-state index contributed by atoms with van der Waals surface area (Å²) in [6.45, 7) is 2.11. The normalized spacial score (nSPS) is 24.2. The summed E-state index contributed by atoms with van der Waals surface area (Å²) < 4.78 is 0. The summed E-state index contributed by atoms with van der Waals surface area (Å²) in [4.78, 5) is 0. The molecule has 0 aromatic carbocycles. The number of hydrogen-bond donors (Lipinski definition) is 0. The minimum atomic E-state index is 0.564. The van der Waals surface area contributed by atoms with Crippen LogP contribution in [-0.2, 0) is 0 Å². The zero-order valence-corrected chi connectivity index (χ0v) is 7.19. The summed E-state index contributed by atoms with van der Waals surface area (Å²) in [5.74, 6) is 0. The standard InChI is InChI=1S/C9H12S/c1-8-4-3-5-9(10-2)7-6-8/h3-7,9H,1-2H3. The van der Waals surface area contributed by atoms with E-state index in [1.54, 1.807) is 0 Å². The van der Waals surface area contributed by atoms with Gasteiger partial charge >= 0.3 is 0 Å². The van der Waals surface area contributed by atoms with E-state index in [2.05, 4.69) is 43.6 Å². The van der Waals surface area contributed by atoms with Crippen molar-refractivity contribution in [2.45, 2.75) is 12.2 Å². The Bertz CT molecular complexity index is 187. The fraction of sp³-hybridized carbons (Fsp3) is 0.333. The second-order valence-corrected chi connectivity index (χ2v) is 3.37. The number of hydrogen-bond acceptors (Lipinski definition) is 1. The van der Waals surface area contributed by atoms with Crippen molar-refractivity contribution < 1.29 is 0 Å². The van der Waals surface area contributed by atoms with Gasteiger partial charge in [-0.3, -0.25) is 0 Å². The first-order chi connectivity index (χ1) is 4.83. The van der Waals surface area contributed by atoms with E-state index in [1.165, 1.54) is 5.57 Å². The van der Waals surface area contributed by atoms with Crippen LogP contribution in [0.2, 0.25) is 0 Å². The van der Waals surface area contributed by atoms with Gasteiger partial charge in [0.15, 0.2) is 0 Å². The molecule has 0 saturated carbocycles. The maximum atomic E-state index is 2.22. The van der Waals surface area contributed by atoms with Gasteiger partial charge in [-0.05, 0) is 13.2 Å². The first-order valence-electron chi connectivity index (χ1n) is 3.39. The third-order valence-corrected chi connectivity index (χ3v) is 2.34. The van der Waals surface area contributed by atoms with Gasteiger partial charge in [-0.2, -0.15) is 11.8 Å². The SMILES string of the molecule is CSC1C=CC=C(C)C=C1. The van der Waals surface area contributed by atoms with Crippen LogP contribution in [0.5, 0.6) is 0 Å². The van der Waals surface area contributed by atoms with E-state index in [0.717, 1.165) is 0 Å². The molecule has 1 atom stereocenters. The molecule has 0 aromatic rings. The highest BCUT2D eigenvalue weighted by Gasteiger charge is 1.96. The number of rotatable bonds is 1. The van der Waals surface area contributed by atoms with Crippen molar-refractivity contribution in [3.8, 4) is 0 Å². The van der Waals surface area contributed by atoms with E-state index in [-0.39, 0.29) is 0 Å². The summed E-state index contributed by atoms with van der Waals surface area (Å²) in [6.07, 6.45) is 13.0. The zero-order valence-electron chi connectivity index (χ0n) is 6.37. The van der Waals surface area contributed by atoms with Crippen LogP contribution < -0.4 is 0 Å². The Kier molecular flexibility index (Phi) is 2.82. The Hall–Kier alpha value is -0.430. The molecule has 54 valence electrons. The summed E-state index contributed by atoms with van der Waals surface area (Å²) in [6, 6.07) is 0. The monoisotopic (exact) mass is 152 g/mol. The van der Waals surface area contributed by atoms with Gasteiger partial charge in [-0.25, -0.2) is 0 Å². The molecule has 1 heteroatoms. The lowest BCUT2D eigenvalue weighted by Crippen LogP contribution is -1.88. The molecule has 10 heavy (non-hydrogen) atoms. The molecule has 0 radical (unpaired) electrons. The van der Waals surface area contributed by atoms with Crippen LogP contribution in [0.25, 0.3) is 0 Å². The third-order valence-electron chi connectivity index (χ3n) is 1.48. The molecule has 0 spiro atoms. The molecule has 1 rings (SSSR count). The second-order valence-electron chi connectivity index (χ2n) is 2.36. The van der Waals surface area contributed by atoms with Crippen LogP contribution in [0.4, 0.5) is 0 Å². The fourth-order valence-electron chi connectivity index (χ4n) is 0.840. The van der Waals surface area contributed by atoms with Gasteiger partial charge in [-0.1, -0.05) is 36.0 Å². The molecule has 0 amide bonds. The molecular formula is C9H12S. The first-order valence-corrected chi connectivity index (χ1v) is 4.68. The van der Waals surface area contributed by atoms with Crippen LogP contribution in [0, 0.1) is 0 Å². The van der Waals surface area contributed by atoms with E-state index < -0.39 is 0 Å². The number of allylic oxidation sites excluding steroid dienone is 4. The van der Waals surface area contributed by atoms with Gasteiger partial charge in [0.1, 0.15) is 0 Å². The lowest BCUT2D eigenvalue weighted by molar-refractivity contribution is 1.42. The molecule has 0 aromatic heterocycles. The van der Waals surface area contributed by atoms with E-state index >= 15 is 0 Å². The van der Waals surface area contributed by atoms with Crippen LogP contribution in [-0.4, -0.2) is 11.5 Å². The van der Waals surface area contributed by atoms with Gasteiger partial charge in [0.25, 0.3) is 0 Å². The maximum Gasteiger partial charge on any atom is 0.0410 e. The Morgan fingerprint density at radius 2 is 2.20 bits per heavy atom. The molecule has 0 bridgehead atoms. The minimum Gasteiger partial charge on any atom is -0.154 e. The van der Waals surface area contributed by atoms with Crippen molar-refractivity contribution >= 4 is 11.8 Å². The maximum absolute atomic E-state index is 2.22. The summed E-state index contributed by atoms with van der Waals surface area (Å²) in [5, 5.41) is 0.564. The minimum absolute atomic E-state index is 0.564. The molecule has 0 N–H and O–H groups in total. The smallest absolute Gasteiger partial charge is 0.0410 e. The Balaban J connectivity index is 2.68. The Morgan fingerprint density at radius 1 is 1.40 bits per heavy atom. The lowest BCUT2D eigenvalue weighted by Gasteiger charge is -1.98. The van der Waals surface area contributed by atoms with E-state index in [1.807, 2.05) is 11.8 Å². The molecule has 0 nitrogen and oxygen atoms in total. The van der Waals surface area contributed by atoms with Crippen molar-refractivity contribution in [2.75, 3.05) is 6.26 Å². The van der Waals surface area contributed by atoms with Crippen LogP contribution >= 0.6 is 11.8 Å². The molecule has 1 aliphatic rings. The zero-order chi connectivity index (χ0) is 7.40. The summed E-state index contributed by atoms with van der Waals surface area (Å²) >= 11 is 1.85. The Morgan fingerprint density at radius 3 is 2.90 bits per heavy atom. The van der Waals surface area contributed by atoms with Gasteiger partial charge < -0.3 is 0 Å². The highest BCUT2D eigenvalue weighted by molar-refractivity contribution is 7.99. The average molecular weight is 152 g/mol. The highest BCUT2D eigenvalue weighted by Crippen LogP contribution is 2.13. The van der Waals surface area contributed by atoms with Crippen molar-refractivity contribution in [1.82, 2.24) is 0 Å². The first kappa shape index (κ1) is 7.67. The lowest BCUT2D eigenvalue weighted by atomic mass is 10.3. The molecular weight excluding hydrogens is 140 g/mol. The Labute approximate surface area is 66.7 Å². The molecule has 1 unspecified atom stereocenters. The highest BCUT2D eigenvalue weighted by atomic mass is 32.2. The largest absolute Gasteiger partial charge is 0.154 e. The van der Waals surface area contributed by atoms with E-state index in [9.17, 15) is 0 Å². The topological polar surface area (TPSA) is 0 Å². The predicted octanol–water partition coefficient (Wildman–Crippen LogP) is 2.79. The van der Waals surface area contributed by atoms with Gasteiger partial charge in [0.2, 0.25) is 0 Å². The van der Waals surface area contributed by atoms with Crippen LogP contribution in [0.1, 0.15) is 6.92 Å². The fourth-order valence-corrected chi connectivity index (χ4v) is 1.32. The van der Waals surface area contributed by atoms with Crippen molar-refractivity contribution in [3.05, 3.63) is 36.0 Å². The van der Waals surface area contributed by atoms with E-state index in [4.69, 9.17) is 0 Å². The quantitative estimate of drug-likeness (QED) is 0.556. The third kappa shape index (κ3) is 2.07. The van der Waals surface area contributed by atoms with Gasteiger partial charge in [0, 0.05) is 5.25 Å². The molecule has 0 fully saturated rings. The van der Waals surface area contributed by atoms with Crippen molar-refractivity contribution in [3.63, 3.8) is 0 Å². The molecule has 0 heterocycles. The predicted molar refractivity (Wildman–Crippen MR) is 49.3 cm³/mol. The van der Waals surface area contributed by atoms with Gasteiger partial charge in [0.05, 0.1) is 0 Å². The molecule has 1 aliphatic carbocycles. The van der Waals surface area contributed by atoms with E-state index in [0.29, 0.717) is 5.25 Å². The summed E-state index contributed by atoms with van der Waals surface area (Å²) in [5.41, 5.74) is 1.33. The second kappa shape index (κ2) is 3.67. The number of thioether (sulfide) groups is 1. The van der Waals surface area contributed by atoms with Crippen LogP contribution in [0.15, 0.2) is 36.0 Å². The van der Waals surface area contributed by atoms with Crippen LogP contribution in [0.3, 0.4) is 0 Å².